The number of ether oxygens (including phenoxy) is 1. The number of hydrogen-bond acceptors (Lipinski definition) is 8. The molecule has 0 amide bonds. The fourth-order valence-electron chi connectivity index (χ4n) is 3.31. The number of fused-ring (bicyclic) bond motifs is 1. The average Bonchev–Trinajstić information content (AvgIpc) is 3.04. The topological polar surface area (TPSA) is 89.2 Å². The standard InChI is InChI=1S/C18H22N6OS/c1-11-4-3-7-24(9-11)17-15(19)16(20-10-21-17)23-18-22-13-6-5-12(25-2)8-14(13)26-18/h5-6,8,10-11H,3-4,7,9,19H2,1-2H3,(H,20,21,22,23). The van der Waals surface area contributed by atoms with Crippen LogP contribution in [0.5, 0.6) is 5.75 Å². The maximum atomic E-state index is 6.38. The van der Waals surface area contributed by atoms with Gasteiger partial charge in [0.05, 0.1) is 17.3 Å². The normalized spacial score (nSPS) is 17.5. The zero-order valence-electron chi connectivity index (χ0n) is 14.9. The van der Waals surface area contributed by atoms with E-state index in [1.54, 1.807) is 24.8 Å². The van der Waals surface area contributed by atoms with Gasteiger partial charge >= 0.3 is 0 Å². The molecular weight excluding hydrogens is 348 g/mol. The molecule has 136 valence electrons. The van der Waals surface area contributed by atoms with Crippen LogP contribution < -0.4 is 20.7 Å². The van der Waals surface area contributed by atoms with Gasteiger partial charge in [0, 0.05) is 13.1 Å². The highest BCUT2D eigenvalue weighted by Crippen LogP contribution is 2.34. The van der Waals surface area contributed by atoms with Gasteiger partial charge < -0.3 is 20.7 Å². The number of benzene rings is 1. The molecule has 4 rings (SSSR count). The summed E-state index contributed by atoms with van der Waals surface area (Å²) in [5.74, 6) is 2.86. The third-order valence-corrected chi connectivity index (χ3v) is 5.57. The van der Waals surface area contributed by atoms with Crippen molar-refractivity contribution >= 4 is 44.0 Å². The number of hydrogen-bond donors (Lipinski definition) is 2. The summed E-state index contributed by atoms with van der Waals surface area (Å²) in [6.07, 6.45) is 3.97. The lowest BCUT2D eigenvalue weighted by molar-refractivity contribution is 0.415. The molecule has 3 aromatic rings. The molecule has 1 fully saturated rings. The van der Waals surface area contributed by atoms with Crippen molar-refractivity contribution in [2.45, 2.75) is 19.8 Å². The molecule has 1 saturated heterocycles. The summed E-state index contributed by atoms with van der Waals surface area (Å²) in [5.41, 5.74) is 7.86. The van der Waals surface area contributed by atoms with Crippen molar-refractivity contribution in [1.82, 2.24) is 15.0 Å². The highest BCUT2D eigenvalue weighted by Gasteiger charge is 2.21. The summed E-state index contributed by atoms with van der Waals surface area (Å²) < 4.78 is 6.32. The smallest absolute Gasteiger partial charge is 0.189 e. The van der Waals surface area contributed by atoms with Crippen LogP contribution in [-0.4, -0.2) is 35.2 Å². The highest BCUT2D eigenvalue weighted by atomic mass is 32.1. The van der Waals surface area contributed by atoms with Gasteiger partial charge in [-0.15, -0.1) is 0 Å². The van der Waals surface area contributed by atoms with Crippen molar-refractivity contribution < 1.29 is 4.74 Å². The fourth-order valence-corrected chi connectivity index (χ4v) is 4.20. The second kappa shape index (κ2) is 6.95. The zero-order valence-corrected chi connectivity index (χ0v) is 15.7. The van der Waals surface area contributed by atoms with Gasteiger partial charge in [-0.3, -0.25) is 0 Å². The van der Waals surface area contributed by atoms with Crippen LogP contribution in [0, 0.1) is 5.92 Å². The molecule has 26 heavy (non-hydrogen) atoms. The first-order chi connectivity index (χ1) is 12.6. The van der Waals surface area contributed by atoms with E-state index in [9.17, 15) is 0 Å². The Balaban J connectivity index is 1.61. The summed E-state index contributed by atoms with van der Waals surface area (Å²) in [7, 11) is 1.66. The Hall–Kier alpha value is -2.61. The van der Waals surface area contributed by atoms with Gasteiger partial charge in [-0.2, -0.15) is 0 Å². The summed E-state index contributed by atoms with van der Waals surface area (Å²) in [4.78, 5) is 15.6. The molecule has 0 spiro atoms. The number of rotatable bonds is 4. The van der Waals surface area contributed by atoms with Crippen molar-refractivity contribution in [3.63, 3.8) is 0 Å². The number of nitrogen functional groups attached to an aromatic ring is 1. The lowest BCUT2D eigenvalue weighted by Crippen LogP contribution is -2.35. The largest absolute Gasteiger partial charge is 0.497 e. The quantitative estimate of drug-likeness (QED) is 0.724. The molecule has 0 aliphatic carbocycles. The number of aromatic nitrogens is 3. The maximum Gasteiger partial charge on any atom is 0.189 e. The number of anilines is 4. The molecule has 1 atom stereocenters. The molecule has 2 aromatic heterocycles. The Kier molecular flexibility index (Phi) is 4.50. The van der Waals surface area contributed by atoms with Gasteiger partial charge in [0.15, 0.2) is 16.8 Å². The van der Waals surface area contributed by atoms with Crippen LogP contribution in [0.1, 0.15) is 19.8 Å². The summed E-state index contributed by atoms with van der Waals surface area (Å²) in [6, 6.07) is 5.82. The first-order valence-corrected chi connectivity index (χ1v) is 9.52. The van der Waals surface area contributed by atoms with Crippen molar-refractivity contribution in [3.05, 3.63) is 24.5 Å². The highest BCUT2D eigenvalue weighted by molar-refractivity contribution is 7.22. The zero-order chi connectivity index (χ0) is 18.1. The Bertz CT molecular complexity index is 927. The van der Waals surface area contributed by atoms with Gasteiger partial charge in [-0.1, -0.05) is 18.3 Å². The Morgan fingerprint density at radius 3 is 3.04 bits per heavy atom. The molecule has 1 unspecified atom stereocenters. The minimum atomic E-state index is 0.568. The van der Waals surface area contributed by atoms with Crippen LogP contribution in [-0.2, 0) is 0 Å². The molecule has 0 saturated carbocycles. The molecule has 1 aromatic carbocycles. The third-order valence-electron chi connectivity index (χ3n) is 4.64. The van der Waals surface area contributed by atoms with E-state index in [2.05, 4.69) is 32.1 Å². The van der Waals surface area contributed by atoms with Crippen LogP contribution in [0.15, 0.2) is 24.5 Å². The van der Waals surface area contributed by atoms with Gasteiger partial charge in [0.25, 0.3) is 0 Å². The molecule has 3 N–H and O–H groups in total. The number of piperidine rings is 1. The minimum absolute atomic E-state index is 0.568. The molecule has 1 aliphatic rings. The van der Waals surface area contributed by atoms with Crippen LogP contribution in [0.2, 0.25) is 0 Å². The maximum absolute atomic E-state index is 6.38. The molecule has 1 aliphatic heterocycles. The minimum Gasteiger partial charge on any atom is -0.497 e. The van der Waals surface area contributed by atoms with Crippen LogP contribution >= 0.6 is 11.3 Å². The molecule has 0 radical (unpaired) electrons. The van der Waals surface area contributed by atoms with E-state index in [0.29, 0.717) is 17.4 Å². The molecular formula is C18H22N6OS. The summed E-state index contributed by atoms with van der Waals surface area (Å²) >= 11 is 1.54. The second-order valence-corrected chi connectivity index (χ2v) is 7.66. The monoisotopic (exact) mass is 370 g/mol. The van der Waals surface area contributed by atoms with E-state index >= 15 is 0 Å². The van der Waals surface area contributed by atoms with Crippen LogP contribution in [0.25, 0.3) is 10.2 Å². The van der Waals surface area contributed by atoms with Crippen LogP contribution in [0.4, 0.5) is 22.5 Å². The molecule has 7 nitrogen and oxygen atoms in total. The van der Waals surface area contributed by atoms with Crippen molar-refractivity contribution in [1.29, 1.82) is 0 Å². The van der Waals surface area contributed by atoms with Gasteiger partial charge in [-0.05, 0) is 37.0 Å². The van der Waals surface area contributed by atoms with E-state index in [1.165, 1.54) is 6.42 Å². The molecule has 3 heterocycles. The lowest BCUT2D eigenvalue weighted by Gasteiger charge is -2.32. The SMILES string of the molecule is COc1ccc2nc(Nc3ncnc(N4CCCC(C)C4)c3N)sc2c1. The average molecular weight is 370 g/mol. The van der Waals surface area contributed by atoms with Gasteiger partial charge in [0.2, 0.25) is 0 Å². The van der Waals surface area contributed by atoms with Crippen molar-refractivity contribution in [2.24, 2.45) is 5.92 Å². The van der Waals surface area contributed by atoms with Crippen LogP contribution in [0.3, 0.4) is 0 Å². The number of nitrogens with zero attached hydrogens (tertiary/aromatic N) is 4. The van der Waals surface area contributed by atoms with Gasteiger partial charge in [-0.25, -0.2) is 15.0 Å². The van der Waals surface area contributed by atoms with E-state index in [-0.39, 0.29) is 0 Å². The summed E-state index contributed by atoms with van der Waals surface area (Å²) in [6.45, 7) is 4.21. The van der Waals surface area contributed by atoms with E-state index in [4.69, 9.17) is 10.5 Å². The number of nitrogens with two attached hydrogens (primary N) is 1. The second-order valence-electron chi connectivity index (χ2n) is 6.63. The van der Waals surface area contributed by atoms with Crippen molar-refractivity contribution in [2.75, 3.05) is 36.1 Å². The first-order valence-electron chi connectivity index (χ1n) is 8.71. The van der Waals surface area contributed by atoms with E-state index in [0.717, 1.165) is 46.4 Å². The van der Waals surface area contributed by atoms with E-state index in [1.807, 2.05) is 18.2 Å². The number of nitrogens with one attached hydrogen (secondary N) is 1. The lowest BCUT2D eigenvalue weighted by atomic mass is 10.0. The fraction of sp³-hybridized carbons (Fsp3) is 0.389. The third kappa shape index (κ3) is 3.24. The number of thiazole rings is 1. The Labute approximate surface area is 156 Å². The first kappa shape index (κ1) is 16.8. The predicted octanol–water partition coefficient (Wildman–Crippen LogP) is 3.66. The molecule has 8 heteroatoms. The van der Waals surface area contributed by atoms with E-state index < -0.39 is 0 Å². The van der Waals surface area contributed by atoms with Crippen molar-refractivity contribution in [3.8, 4) is 5.75 Å². The number of methoxy groups -OCH3 is 1. The molecule has 0 bridgehead atoms. The van der Waals surface area contributed by atoms with Gasteiger partial charge in [0.1, 0.15) is 17.8 Å². The Morgan fingerprint density at radius 1 is 1.35 bits per heavy atom. The summed E-state index contributed by atoms with van der Waals surface area (Å²) in [5, 5.41) is 4.00. The Morgan fingerprint density at radius 2 is 2.23 bits per heavy atom. The predicted molar refractivity (Wildman–Crippen MR) is 107 cm³/mol.